The highest BCUT2D eigenvalue weighted by Gasteiger charge is 2.42. The van der Waals surface area contributed by atoms with Crippen molar-refractivity contribution < 1.29 is 9.90 Å². The van der Waals surface area contributed by atoms with Gasteiger partial charge in [-0.25, -0.2) is 0 Å². The SMILES string of the molecule is Cc1ccc(C(=O)N2CC(N)C(C3CC3)C2)cc1O. The molecule has 102 valence electrons. The number of likely N-dealkylation sites (tertiary alicyclic amines) is 1. The first-order chi connectivity index (χ1) is 9.06. The summed E-state index contributed by atoms with van der Waals surface area (Å²) >= 11 is 0. The smallest absolute Gasteiger partial charge is 0.254 e. The Labute approximate surface area is 113 Å². The number of hydrogen-bond acceptors (Lipinski definition) is 3. The molecule has 2 unspecified atom stereocenters. The molecule has 0 aromatic heterocycles. The van der Waals surface area contributed by atoms with Crippen LogP contribution in [0.15, 0.2) is 18.2 Å². The predicted octanol–water partition coefficient (Wildman–Crippen LogP) is 1.51. The number of hydrogen-bond donors (Lipinski definition) is 2. The average Bonchev–Trinajstić information content (AvgIpc) is 3.15. The summed E-state index contributed by atoms with van der Waals surface area (Å²) in [6, 6.07) is 5.20. The maximum atomic E-state index is 12.4. The molecule has 0 radical (unpaired) electrons. The van der Waals surface area contributed by atoms with Crippen LogP contribution in [-0.4, -0.2) is 35.0 Å². The molecule has 1 aliphatic heterocycles. The van der Waals surface area contributed by atoms with Crippen molar-refractivity contribution in [2.45, 2.75) is 25.8 Å². The van der Waals surface area contributed by atoms with E-state index in [0.717, 1.165) is 18.0 Å². The maximum absolute atomic E-state index is 12.4. The summed E-state index contributed by atoms with van der Waals surface area (Å²) in [6.07, 6.45) is 2.51. The van der Waals surface area contributed by atoms with Gasteiger partial charge in [0.15, 0.2) is 0 Å². The van der Waals surface area contributed by atoms with Crippen LogP contribution >= 0.6 is 0 Å². The Morgan fingerprint density at radius 2 is 2.11 bits per heavy atom. The van der Waals surface area contributed by atoms with Gasteiger partial charge in [0.05, 0.1) is 0 Å². The molecule has 2 atom stereocenters. The molecule has 4 heteroatoms. The molecule has 3 rings (SSSR count). The van der Waals surface area contributed by atoms with Crippen LogP contribution < -0.4 is 5.73 Å². The Balaban J connectivity index is 1.75. The van der Waals surface area contributed by atoms with Gasteiger partial charge in [-0.2, -0.15) is 0 Å². The zero-order valence-electron chi connectivity index (χ0n) is 11.2. The van der Waals surface area contributed by atoms with Crippen LogP contribution in [0.2, 0.25) is 0 Å². The van der Waals surface area contributed by atoms with Crippen molar-refractivity contribution in [2.75, 3.05) is 13.1 Å². The van der Waals surface area contributed by atoms with Crippen molar-refractivity contribution in [3.63, 3.8) is 0 Å². The molecule has 1 aromatic carbocycles. The molecule has 0 bridgehead atoms. The van der Waals surface area contributed by atoms with E-state index >= 15 is 0 Å². The number of rotatable bonds is 2. The van der Waals surface area contributed by atoms with Gasteiger partial charge in [-0.05, 0) is 49.3 Å². The zero-order chi connectivity index (χ0) is 13.6. The molecule has 4 nitrogen and oxygen atoms in total. The van der Waals surface area contributed by atoms with Gasteiger partial charge in [-0.1, -0.05) is 6.07 Å². The minimum atomic E-state index is -0.0195. The Morgan fingerprint density at radius 1 is 1.37 bits per heavy atom. The lowest BCUT2D eigenvalue weighted by Crippen LogP contribution is -2.32. The van der Waals surface area contributed by atoms with E-state index in [-0.39, 0.29) is 17.7 Å². The van der Waals surface area contributed by atoms with Crippen molar-refractivity contribution in [1.29, 1.82) is 0 Å². The Kier molecular flexibility index (Phi) is 2.97. The third kappa shape index (κ3) is 2.32. The number of aromatic hydroxyl groups is 1. The standard InChI is InChI=1S/C15H20N2O2/c1-9-2-3-11(6-14(9)18)15(19)17-7-12(10-4-5-10)13(16)8-17/h2-3,6,10,12-13,18H,4-5,7-8,16H2,1H3. The largest absolute Gasteiger partial charge is 0.508 e. The van der Waals surface area contributed by atoms with Crippen molar-refractivity contribution in [3.8, 4) is 5.75 Å². The Bertz CT molecular complexity index is 511. The number of nitrogens with zero attached hydrogens (tertiary/aromatic N) is 1. The quantitative estimate of drug-likeness (QED) is 0.847. The van der Waals surface area contributed by atoms with E-state index in [9.17, 15) is 9.90 Å². The summed E-state index contributed by atoms with van der Waals surface area (Å²) < 4.78 is 0. The lowest BCUT2D eigenvalue weighted by molar-refractivity contribution is 0.0784. The molecule has 19 heavy (non-hydrogen) atoms. The van der Waals surface area contributed by atoms with Crippen LogP contribution in [0.1, 0.15) is 28.8 Å². The number of carbonyl (C=O) groups is 1. The molecule has 1 aliphatic carbocycles. The lowest BCUT2D eigenvalue weighted by Gasteiger charge is -2.16. The fraction of sp³-hybridized carbons (Fsp3) is 0.533. The third-order valence-electron chi connectivity index (χ3n) is 4.38. The van der Waals surface area contributed by atoms with Crippen molar-refractivity contribution in [1.82, 2.24) is 4.90 Å². The molecular formula is C15H20N2O2. The van der Waals surface area contributed by atoms with Crippen LogP contribution in [0.5, 0.6) is 5.75 Å². The van der Waals surface area contributed by atoms with E-state index < -0.39 is 0 Å². The van der Waals surface area contributed by atoms with Gasteiger partial charge in [0, 0.05) is 24.7 Å². The van der Waals surface area contributed by atoms with Gasteiger partial charge in [0.1, 0.15) is 5.75 Å². The number of nitrogens with two attached hydrogens (primary N) is 1. The normalized spacial score (nSPS) is 26.7. The summed E-state index contributed by atoms with van der Waals surface area (Å²) in [5.41, 5.74) is 7.47. The first kappa shape index (κ1) is 12.5. The fourth-order valence-electron chi connectivity index (χ4n) is 2.97. The summed E-state index contributed by atoms with van der Waals surface area (Å²) in [5, 5.41) is 9.70. The number of benzene rings is 1. The number of phenolic OH excluding ortho intramolecular Hbond substituents is 1. The molecule has 2 fully saturated rings. The molecule has 1 aromatic rings. The molecule has 1 amide bonds. The van der Waals surface area contributed by atoms with Crippen LogP contribution in [0.4, 0.5) is 0 Å². The van der Waals surface area contributed by atoms with Gasteiger partial charge >= 0.3 is 0 Å². The van der Waals surface area contributed by atoms with Gasteiger partial charge in [-0.3, -0.25) is 4.79 Å². The van der Waals surface area contributed by atoms with Crippen LogP contribution in [0.25, 0.3) is 0 Å². The third-order valence-corrected chi connectivity index (χ3v) is 4.38. The van der Waals surface area contributed by atoms with Crippen LogP contribution in [-0.2, 0) is 0 Å². The number of carbonyl (C=O) groups excluding carboxylic acids is 1. The highest BCUT2D eigenvalue weighted by Crippen LogP contribution is 2.41. The first-order valence-electron chi connectivity index (χ1n) is 6.90. The van der Waals surface area contributed by atoms with E-state index in [4.69, 9.17) is 5.73 Å². The minimum Gasteiger partial charge on any atom is -0.508 e. The highest BCUT2D eigenvalue weighted by molar-refractivity contribution is 5.95. The molecular weight excluding hydrogens is 240 g/mol. The predicted molar refractivity (Wildman–Crippen MR) is 72.9 cm³/mol. The minimum absolute atomic E-state index is 0.0195. The van der Waals surface area contributed by atoms with Crippen LogP contribution in [0.3, 0.4) is 0 Å². The van der Waals surface area contributed by atoms with E-state index in [1.165, 1.54) is 12.8 Å². The zero-order valence-corrected chi connectivity index (χ0v) is 11.2. The van der Waals surface area contributed by atoms with E-state index in [0.29, 0.717) is 18.0 Å². The second-order valence-corrected chi connectivity index (χ2v) is 5.88. The molecule has 2 aliphatic rings. The monoisotopic (exact) mass is 260 g/mol. The summed E-state index contributed by atoms with van der Waals surface area (Å²) in [7, 11) is 0. The van der Waals surface area contributed by atoms with Gasteiger partial charge in [0.25, 0.3) is 5.91 Å². The summed E-state index contributed by atoms with van der Waals surface area (Å²) in [4.78, 5) is 14.2. The van der Waals surface area contributed by atoms with Crippen molar-refractivity contribution >= 4 is 5.91 Å². The molecule has 3 N–H and O–H groups in total. The van der Waals surface area contributed by atoms with Gasteiger partial charge in [0.2, 0.25) is 0 Å². The Morgan fingerprint density at radius 3 is 2.74 bits per heavy atom. The van der Waals surface area contributed by atoms with Gasteiger partial charge < -0.3 is 15.7 Å². The van der Waals surface area contributed by atoms with E-state index in [2.05, 4.69) is 0 Å². The topological polar surface area (TPSA) is 66.6 Å². The highest BCUT2D eigenvalue weighted by atomic mass is 16.3. The average molecular weight is 260 g/mol. The number of aryl methyl sites for hydroxylation is 1. The van der Waals surface area contributed by atoms with Crippen LogP contribution in [0, 0.1) is 18.8 Å². The summed E-state index contributed by atoms with van der Waals surface area (Å²) in [5.74, 6) is 1.34. The maximum Gasteiger partial charge on any atom is 0.254 e. The Hall–Kier alpha value is -1.55. The second-order valence-electron chi connectivity index (χ2n) is 5.88. The fourth-order valence-corrected chi connectivity index (χ4v) is 2.97. The molecule has 1 saturated carbocycles. The summed E-state index contributed by atoms with van der Waals surface area (Å²) in [6.45, 7) is 3.21. The molecule has 1 heterocycles. The lowest BCUT2D eigenvalue weighted by atomic mass is 9.99. The number of amides is 1. The van der Waals surface area contributed by atoms with Crippen molar-refractivity contribution in [2.24, 2.45) is 17.6 Å². The van der Waals surface area contributed by atoms with Gasteiger partial charge in [-0.15, -0.1) is 0 Å². The van der Waals surface area contributed by atoms with E-state index in [1.807, 2.05) is 11.8 Å². The van der Waals surface area contributed by atoms with E-state index in [1.54, 1.807) is 18.2 Å². The molecule has 0 spiro atoms. The first-order valence-corrected chi connectivity index (χ1v) is 6.90. The number of phenols is 1. The second kappa shape index (κ2) is 4.53. The molecule has 1 saturated heterocycles. The van der Waals surface area contributed by atoms with Crippen molar-refractivity contribution in [3.05, 3.63) is 29.3 Å².